The van der Waals surface area contributed by atoms with Crippen LogP contribution in [-0.2, 0) is 20.6 Å². The molecule has 1 aliphatic heterocycles. The minimum Gasteiger partial charge on any atom is -0.384 e. The van der Waals surface area contributed by atoms with Gasteiger partial charge in [-0.05, 0) is 49.4 Å². The predicted octanol–water partition coefficient (Wildman–Crippen LogP) is 4.90. The fraction of sp³-hybridized carbons (Fsp3) is 0.500. The SMILES string of the molecule is CC(C)[C@@H](NC(=O)C(C)(C)c1ccccc1)C(=O)N1CC[C@](O)(c2ccc(Cl)cc2)C(C)(C)C1. The molecule has 2 atom stereocenters. The lowest BCUT2D eigenvalue weighted by molar-refractivity contribution is -0.157. The van der Waals surface area contributed by atoms with Gasteiger partial charge in [0.05, 0.1) is 11.0 Å². The molecule has 2 aromatic rings. The van der Waals surface area contributed by atoms with Crippen LogP contribution in [-0.4, -0.2) is 41.0 Å². The monoisotopic (exact) mass is 484 g/mol. The smallest absolute Gasteiger partial charge is 0.245 e. The number of benzene rings is 2. The van der Waals surface area contributed by atoms with E-state index in [0.717, 1.165) is 11.1 Å². The minimum absolute atomic E-state index is 0.0804. The van der Waals surface area contributed by atoms with E-state index in [0.29, 0.717) is 24.5 Å². The largest absolute Gasteiger partial charge is 0.384 e. The second-order valence-corrected chi connectivity index (χ2v) is 11.4. The van der Waals surface area contributed by atoms with E-state index in [2.05, 4.69) is 5.32 Å². The first-order valence-electron chi connectivity index (χ1n) is 11.9. The van der Waals surface area contributed by atoms with Crippen LogP contribution >= 0.6 is 11.6 Å². The standard InChI is InChI=1S/C28H37ClN2O3/c1-19(2)23(30-25(33)27(5,6)20-10-8-7-9-11-20)24(32)31-17-16-28(34,26(3,4)18-31)21-12-14-22(29)15-13-21/h7-15,19,23,34H,16-18H2,1-6H3,(H,30,33)/t23-,28+/m1/s1. The first-order chi connectivity index (χ1) is 15.8. The number of rotatable bonds is 6. The van der Waals surface area contributed by atoms with E-state index >= 15 is 0 Å². The lowest BCUT2D eigenvalue weighted by Crippen LogP contribution is -2.61. The van der Waals surface area contributed by atoms with Crippen LogP contribution in [0, 0.1) is 11.3 Å². The molecule has 0 unspecified atom stereocenters. The average Bonchev–Trinajstić information content (AvgIpc) is 2.79. The Morgan fingerprint density at radius 3 is 2.18 bits per heavy atom. The van der Waals surface area contributed by atoms with Gasteiger partial charge in [-0.3, -0.25) is 9.59 Å². The van der Waals surface area contributed by atoms with Crippen LogP contribution in [0.4, 0.5) is 0 Å². The third kappa shape index (κ3) is 5.01. The number of carbonyl (C=O) groups excluding carboxylic acids is 2. The highest BCUT2D eigenvalue weighted by Gasteiger charge is 2.50. The van der Waals surface area contributed by atoms with Crippen LogP contribution in [0.25, 0.3) is 0 Å². The van der Waals surface area contributed by atoms with Gasteiger partial charge in [0.25, 0.3) is 0 Å². The number of carbonyl (C=O) groups is 2. The molecule has 2 aromatic carbocycles. The second-order valence-electron chi connectivity index (χ2n) is 10.9. The molecular formula is C28H37ClN2O3. The second kappa shape index (κ2) is 9.71. The molecule has 1 heterocycles. The Kier molecular flexibility index (Phi) is 7.49. The highest BCUT2D eigenvalue weighted by atomic mass is 35.5. The summed E-state index contributed by atoms with van der Waals surface area (Å²) < 4.78 is 0. The van der Waals surface area contributed by atoms with Gasteiger partial charge in [0.1, 0.15) is 6.04 Å². The van der Waals surface area contributed by atoms with Crippen molar-refractivity contribution in [3.8, 4) is 0 Å². The number of hydrogen-bond donors (Lipinski definition) is 2. The molecular weight excluding hydrogens is 448 g/mol. The van der Waals surface area contributed by atoms with E-state index in [1.165, 1.54) is 0 Å². The van der Waals surface area contributed by atoms with Gasteiger partial charge in [0.15, 0.2) is 0 Å². The van der Waals surface area contributed by atoms with E-state index < -0.39 is 22.5 Å². The number of nitrogens with one attached hydrogen (secondary N) is 1. The lowest BCUT2D eigenvalue weighted by atomic mass is 9.66. The van der Waals surface area contributed by atoms with Crippen molar-refractivity contribution in [3.05, 3.63) is 70.7 Å². The molecule has 1 saturated heterocycles. The van der Waals surface area contributed by atoms with Crippen molar-refractivity contribution in [1.82, 2.24) is 10.2 Å². The molecule has 3 rings (SSSR count). The van der Waals surface area contributed by atoms with E-state index in [9.17, 15) is 14.7 Å². The summed E-state index contributed by atoms with van der Waals surface area (Å²) in [7, 11) is 0. The zero-order valence-electron chi connectivity index (χ0n) is 21.1. The maximum Gasteiger partial charge on any atom is 0.245 e. The molecule has 6 heteroatoms. The van der Waals surface area contributed by atoms with E-state index in [-0.39, 0.29) is 17.7 Å². The molecule has 0 bridgehead atoms. The molecule has 5 nitrogen and oxygen atoms in total. The van der Waals surface area contributed by atoms with Crippen molar-refractivity contribution in [1.29, 1.82) is 0 Å². The Hall–Kier alpha value is -2.37. The highest BCUT2D eigenvalue weighted by molar-refractivity contribution is 6.30. The van der Waals surface area contributed by atoms with Gasteiger partial charge in [-0.25, -0.2) is 0 Å². The number of likely N-dealkylation sites (tertiary alicyclic amines) is 1. The average molecular weight is 485 g/mol. The van der Waals surface area contributed by atoms with Crippen LogP contribution in [0.2, 0.25) is 5.02 Å². The van der Waals surface area contributed by atoms with Gasteiger partial charge in [0.2, 0.25) is 11.8 Å². The highest BCUT2D eigenvalue weighted by Crippen LogP contribution is 2.46. The summed E-state index contributed by atoms with van der Waals surface area (Å²) in [4.78, 5) is 28.7. The summed E-state index contributed by atoms with van der Waals surface area (Å²) in [5.41, 5.74) is -0.754. The Morgan fingerprint density at radius 1 is 1.06 bits per heavy atom. The molecule has 0 aliphatic carbocycles. The van der Waals surface area contributed by atoms with Crippen molar-refractivity contribution >= 4 is 23.4 Å². The van der Waals surface area contributed by atoms with Crippen LogP contribution in [0.3, 0.4) is 0 Å². The number of piperidine rings is 1. The Bertz CT molecular complexity index is 1020. The molecule has 0 aromatic heterocycles. The third-order valence-electron chi connectivity index (χ3n) is 7.37. The number of hydrogen-bond acceptors (Lipinski definition) is 3. The molecule has 2 N–H and O–H groups in total. The molecule has 2 amide bonds. The molecule has 0 saturated carbocycles. The van der Waals surface area contributed by atoms with Crippen molar-refractivity contribution in [3.63, 3.8) is 0 Å². The lowest BCUT2D eigenvalue weighted by Gasteiger charge is -2.51. The first-order valence-corrected chi connectivity index (χ1v) is 12.3. The Morgan fingerprint density at radius 2 is 1.65 bits per heavy atom. The van der Waals surface area contributed by atoms with Gasteiger partial charge in [-0.2, -0.15) is 0 Å². The Labute approximate surface area is 208 Å². The number of aliphatic hydroxyl groups is 1. The van der Waals surface area contributed by atoms with Gasteiger partial charge in [0, 0.05) is 23.5 Å². The van der Waals surface area contributed by atoms with Crippen LogP contribution in [0.15, 0.2) is 54.6 Å². The van der Waals surface area contributed by atoms with Gasteiger partial charge in [-0.15, -0.1) is 0 Å². The van der Waals surface area contributed by atoms with Crippen LogP contribution in [0.1, 0.15) is 59.1 Å². The zero-order chi connectivity index (χ0) is 25.3. The van der Waals surface area contributed by atoms with Crippen molar-refractivity contribution in [2.45, 2.75) is 65.0 Å². The zero-order valence-corrected chi connectivity index (χ0v) is 21.8. The molecule has 0 spiro atoms. The summed E-state index contributed by atoms with van der Waals surface area (Å²) in [5.74, 6) is -0.374. The van der Waals surface area contributed by atoms with Gasteiger partial charge < -0.3 is 15.3 Å². The van der Waals surface area contributed by atoms with Crippen LogP contribution in [0.5, 0.6) is 0 Å². The van der Waals surface area contributed by atoms with Crippen LogP contribution < -0.4 is 5.32 Å². The third-order valence-corrected chi connectivity index (χ3v) is 7.62. The molecule has 1 aliphatic rings. The molecule has 34 heavy (non-hydrogen) atoms. The summed E-state index contributed by atoms with van der Waals surface area (Å²) in [5, 5.41) is 15.3. The van der Waals surface area contributed by atoms with Gasteiger partial charge >= 0.3 is 0 Å². The summed E-state index contributed by atoms with van der Waals surface area (Å²) in [6.07, 6.45) is 0.404. The normalized spacial score (nSPS) is 21.3. The van der Waals surface area contributed by atoms with Crippen molar-refractivity contribution < 1.29 is 14.7 Å². The van der Waals surface area contributed by atoms with E-state index in [1.807, 2.05) is 84.0 Å². The maximum absolute atomic E-state index is 13.6. The minimum atomic E-state index is -1.08. The Balaban J connectivity index is 1.78. The number of nitrogens with zero attached hydrogens (tertiary/aromatic N) is 1. The first kappa shape index (κ1) is 26.2. The molecule has 1 fully saturated rings. The predicted molar refractivity (Wildman–Crippen MR) is 137 cm³/mol. The molecule has 0 radical (unpaired) electrons. The fourth-order valence-electron chi connectivity index (χ4n) is 4.79. The molecule has 184 valence electrons. The number of amides is 2. The number of halogens is 1. The van der Waals surface area contributed by atoms with Crippen molar-refractivity contribution in [2.75, 3.05) is 13.1 Å². The topological polar surface area (TPSA) is 69.6 Å². The summed E-state index contributed by atoms with van der Waals surface area (Å²) in [6.45, 7) is 12.4. The van der Waals surface area contributed by atoms with E-state index in [1.54, 1.807) is 17.0 Å². The summed E-state index contributed by atoms with van der Waals surface area (Å²) in [6, 6.07) is 16.2. The van der Waals surface area contributed by atoms with Gasteiger partial charge in [-0.1, -0.05) is 81.8 Å². The van der Waals surface area contributed by atoms with Crippen molar-refractivity contribution in [2.24, 2.45) is 11.3 Å². The quantitative estimate of drug-likeness (QED) is 0.612. The van der Waals surface area contributed by atoms with E-state index in [4.69, 9.17) is 11.6 Å². The summed E-state index contributed by atoms with van der Waals surface area (Å²) >= 11 is 6.04. The maximum atomic E-state index is 13.6. The fourth-order valence-corrected chi connectivity index (χ4v) is 4.91.